The molecule has 0 radical (unpaired) electrons. The van der Waals surface area contributed by atoms with Crippen LogP contribution in [0.3, 0.4) is 0 Å². The second-order valence-corrected chi connectivity index (χ2v) is 4.48. The second-order valence-electron chi connectivity index (χ2n) is 4.48. The first-order chi connectivity index (χ1) is 9.40. The molecule has 7 nitrogen and oxygen atoms in total. The summed E-state index contributed by atoms with van der Waals surface area (Å²) in [6, 6.07) is 6.23. The van der Waals surface area contributed by atoms with Gasteiger partial charge in [0.05, 0.1) is 0 Å². The average molecular weight is 277 g/mol. The van der Waals surface area contributed by atoms with Crippen LogP contribution in [0.4, 0.5) is 0 Å². The van der Waals surface area contributed by atoms with Crippen molar-refractivity contribution >= 4 is 17.8 Å². The molecule has 0 spiro atoms. The Morgan fingerprint density at radius 1 is 1.25 bits per heavy atom. The highest BCUT2D eigenvalue weighted by molar-refractivity contribution is 6.04. The number of nitrogens with two attached hydrogens (primary N) is 2. The number of hydrogen-bond donors (Lipinski definition) is 3. The Morgan fingerprint density at radius 3 is 2.50 bits per heavy atom. The predicted octanol–water partition coefficient (Wildman–Crippen LogP) is -0.608. The summed E-state index contributed by atoms with van der Waals surface area (Å²) in [7, 11) is 3.83. The van der Waals surface area contributed by atoms with Crippen LogP contribution in [0.1, 0.15) is 20.7 Å². The third-order valence-electron chi connectivity index (χ3n) is 2.45. The molecule has 0 fully saturated rings. The van der Waals surface area contributed by atoms with Crippen molar-refractivity contribution in [2.75, 3.05) is 27.2 Å². The Bertz CT molecular complexity index is 521. The van der Waals surface area contributed by atoms with Gasteiger partial charge in [-0.15, -0.1) is 0 Å². The molecule has 0 saturated carbocycles. The fraction of sp³-hybridized carbons (Fsp3) is 0.308. The molecular weight excluding hydrogens is 258 g/mol. The van der Waals surface area contributed by atoms with Crippen LogP contribution in [-0.2, 0) is 0 Å². The fourth-order valence-electron chi connectivity index (χ4n) is 1.47. The molecule has 0 aliphatic carbocycles. The average Bonchev–Trinajstić information content (AvgIpc) is 2.37. The van der Waals surface area contributed by atoms with Crippen molar-refractivity contribution in [3.05, 3.63) is 35.4 Å². The molecule has 0 aliphatic heterocycles. The van der Waals surface area contributed by atoms with Gasteiger partial charge in [0.1, 0.15) is 0 Å². The van der Waals surface area contributed by atoms with E-state index in [1.165, 1.54) is 6.07 Å². The van der Waals surface area contributed by atoms with Gasteiger partial charge in [-0.1, -0.05) is 6.07 Å². The minimum Gasteiger partial charge on any atom is -0.370 e. The zero-order chi connectivity index (χ0) is 15.1. The number of likely N-dealkylation sites (N-methyl/N-ethyl adjacent to an activating group) is 1. The number of guanidine groups is 1. The lowest BCUT2D eigenvalue weighted by Crippen LogP contribution is -2.31. The number of carbonyl (C=O) groups is 2. The quantitative estimate of drug-likeness (QED) is 0.491. The maximum atomic E-state index is 11.9. The molecule has 1 aromatic carbocycles. The van der Waals surface area contributed by atoms with Crippen molar-refractivity contribution in [1.29, 1.82) is 0 Å². The van der Waals surface area contributed by atoms with Crippen LogP contribution in [0.25, 0.3) is 0 Å². The minimum atomic E-state index is -0.576. The van der Waals surface area contributed by atoms with Crippen LogP contribution in [0.15, 0.2) is 29.3 Å². The molecule has 0 unspecified atom stereocenters. The lowest BCUT2D eigenvalue weighted by Gasteiger charge is -2.10. The van der Waals surface area contributed by atoms with E-state index in [0.717, 1.165) is 6.54 Å². The van der Waals surface area contributed by atoms with Gasteiger partial charge in [0.15, 0.2) is 5.96 Å². The number of aliphatic imine (C=N–C) groups is 1. The van der Waals surface area contributed by atoms with E-state index in [2.05, 4.69) is 10.3 Å². The summed E-state index contributed by atoms with van der Waals surface area (Å²) in [5.74, 6) is -1.13. The van der Waals surface area contributed by atoms with Gasteiger partial charge in [0, 0.05) is 24.2 Å². The number of amides is 2. The molecule has 0 aromatic heterocycles. The summed E-state index contributed by atoms with van der Waals surface area (Å²) in [5.41, 5.74) is 10.9. The molecule has 2 amide bonds. The number of nitrogens with one attached hydrogen (secondary N) is 1. The summed E-state index contributed by atoms with van der Waals surface area (Å²) < 4.78 is 0. The van der Waals surface area contributed by atoms with Gasteiger partial charge < -0.3 is 21.7 Å². The molecule has 1 aromatic rings. The lowest BCUT2D eigenvalue weighted by atomic mass is 10.1. The maximum absolute atomic E-state index is 11.9. The first-order valence-corrected chi connectivity index (χ1v) is 6.07. The van der Waals surface area contributed by atoms with Gasteiger partial charge in [-0.3, -0.25) is 9.59 Å². The highest BCUT2D eigenvalue weighted by atomic mass is 16.2. The van der Waals surface area contributed by atoms with Gasteiger partial charge in [-0.05, 0) is 32.3 Å². The standard InChI is InChI=1S/C13H19N5O2/c1-18(2)7-6-16-11(19)9-4-3-5-10(8-9)12(20)17-13(14)15/h3-5,8H,6-7H2,1-2H3,(H,16,19)(H4,14,15,17,20). The van der Waals surface area contributed by atoms with E-state index in [1.807, 2.05) is 19.0 Å². The van der Waals surface area contributed by atoms with Crippen LogP contribution in [0.5, 0.6) is 0 Å². The van der Waals surface area contributed by atoms with Crippen LogP contribution in [0.2, 0.25) is 0 Å². The van der Waals surface area contributed by atoms with E-state index in [0.29, 0.717) is 12.1 Å². The summed E-state index contributed by atoms with van der Waals surface area (Å²) in [6.45, 7) is 1.26. The lowest BCUT2D eigenvalue weighted by molar-refractivity contribution is 0.0951. The van der Waals surface area contributed by atoms with Gasteiger partial charge in [-0.2, -0.15) is 4.99 Å². The third kappa shape index (κ3) is 5.07. The minimum absolute atomic E-state index is 0.244. The number of rotatable bonds is 5. The molecule has 20 heavy (non-hydrogen) atoms. The molecule has 0 saturated heterocycles. The first-order valence-electron chi connectivity index (χ1n) is 6.07. The molecule has 108 valence electrons. The number of nitrogens with zero attached hydrogens (tertiary/aromatic N) is 2. The number of hydrogen-bond acceptors (Lipinski definition) is 3. The van der Waals surface area contributed by atoms with Gasteiger partial charge in [-0.25, -0.2) is 0 Å². The zero-order valence-corrected chi connectivity index (χ0v) is 11.6. The Hall–Kier alpha value is -2.41. The van der Waals surface area contributed by atoms with E-state index >= 15 is 0 Å². The summed E-state index contributed by atoms with van der Waals surface area (Å²) in [6.07, 6.45) is 0. The van der Waals surface area contributed by atoms with Crippen LogP contribution < -0.4 is 16.8 Å². The van der Waals surface area contributed by atoms with Gasteiger partial charge >= 0.3 is 0 Å². The van der Waals surface area contributed by atoms with E-state index in [1.54, 1.807) is 18.2 Å². The summed E-state index contributed by atoms with van der Waals surface area (Å²) >= 11 is 0. The fourth-order valence-corrected chi connectivity index (χ4v) is 1.47. The van der Waals surface area contributed by atoms with E-state index in [-0.39, 0.29) is 17.4 Å². The normalized spacial score (nSPS) is 10.2. The van der Waals surface area contributed by atoms with Crippen molar-refractivity contribution in [1.82, 2.24) is 10.2 Å². The molecule has 0 atom stereocenters. The summed E-state index contributed by atoms with van der Waals surface area (Å²) in [5, 5.41) is 2.76. The SMILES string of the molecule is CN(C)CCNC(=O)c1cccc(C(=O)N=C(N)N)c1. The zero-order valence-electron chi connectivity index (χ0n) is 11.6. The van der Waals surface area contributed by atoms with Crippen molar-refractivity contribution in [2.24, 2.45) is 16.5 Å². The third-order valence-corrected chi connectivity index (χ3v) is 2.45. The molecule has 5 N–H and O–H groups in total. The first kappa shape index (κ1) is 15.6. The Labute approximate surface area is 117 Å². The largest absolute Gasteiger partial charge is 0.370 e. The van der Waals surface area contributed by atoms with Crippen molar-refractivity contribution in [2.45, 2.75) is 0 Å². The summed E-state index contributed by atoms with van der Waals surface area (Å²) in [4.78, 5) is 28.9. The van der Waals surface area contributed by atoms with E-state index in [9.17, 15) is 9.59 Å². The van der Waals surface area contributed by atoms with E-state index in [4.69, 9.17) is 11.5 Å². The molecule has 7 heteroatoms. The van der Waals surface area contributed by atoms with Crippen LogP contribution in [-0.4, -0.2) is 49.9 Å². The predicted molar refractivity (Wildman–Crippen MR) is 77.5 cm³/mol. The van der Waals surface area contributed by atoms with E-state index < -0.39 is 5.91 Å². The molecule has 0 bridgehead atoms. The topological polar surface area (TPSA) is 114 Å². The van der Waals surface area contributed by atoms with Crippen molar-refractivity contribution < 1.29 is 9.59 Å². The molecule has 0 heterocycles. The Balaban J connectivity index is 2.75. The number of benzene rings is 1. The van der Waals surface area contributed by atoms with Crippen molar-refractivity contribution in [3.8, 4) is 0 Å². The Kier molecular flexibility index (Phi) is 5.67. The number of carbonyl (C=O) groups excluding carboxylic acids is 2. The van der Waals surface area contributed by atoms with Crippen molar-refractivity contribution in [3.63, 3.8) is 0 Å². The smallest absolute Gasteiger partial charge is 0.280 e. The van der Waals surface area contributed by atoms with Gasteiger partial charge in [0.25, 0.3) is 11.8 Å². The molecule has 0 aliphatic rings. The Morgan fingerprint density at radius 2 is 1.90 bits per heavy atom. The molecule has 1 rings (SSSR count). The molecular formula is C13H19N5O2. The second kappa shape index (κ2) is 7.25. The monoisotopic (exact) mass is 277 g/mol. The maximum Gasteiger partial charge on any atom is 0.280 e. The van der Waals surface area contributed by atoms with Gasteiger partial charge in [0.2, 0.25) is 0 Å². The highest BCUT2D eigenvalue weighted by Gasteiger charge is 2.09. The van der Waals surface area contributed by atoms with Crippen LogP contribution >= 0.6 is 0 Å². The highest BCUT2D eigenvalue weighted by Crippen LogP contribution is 2.06. The van der Waals surface area contributed by atoms with Crippen LogP contribution in [0, 0.1) is 0 Å².